The van der Waals surface area contributed by atoms with Crippen LogP contribution in [0.1, 0.15) is 12.5 Å². The van der Waals surface area contributed by atoms with Crippen LogP contribution in [0.3, 0.4) is 0 Å². The van der Waals surface area contributed by atoms with Gasteiger partial charge in [0.05, 0.1) is 29.0 Å². The minimum absolute atomic E-state index is 0.154. The predicted molar refractivity (Wildman–Crippen MR) is 99.7 cm³/mol. The zero-order chi connectivity index (χ0) is 18.8. The summed E-state index contributed by atoms with van der Waals surface area (Å²) in [5, 5.41) is 17.2. The first-order valence-electron chi connectivity index (χ1n) is 7.60. The SMILES string of the molecule is COc1ccc(/C=C2\C(=O)N(c3cccc(Cl)c3)N=C2C)cc1[N+](=O)[O-]. The Labute approximate surface area is 154 Å². The highest BCUT2D eigenvalue weighted by atomic mass is 35.5. The van der Waals surface area contributed by atoms with Crippen molar-refractivity contribution in [1.29, 1.82) is 0 Å². The van der Waals surface area contributed by atoms with E-state index in [0.717, 1.165) is 0 Å². The Balaban J connectivity index is 1.98. The molecule has 1 aliphatic rings. The average Bonchev–Trinajstić information content (AvgIpc) is 2.90. The molecule has 2 aromatic rings. The summed E-state index contributed by atoms with van der Waals surface area (Å²) in [6.45, 7) is 1.70. The Kier molecular flexibility index (Phi) is 4.73. The second kappa shape index (κ2) is 6.97. The zero-order valence-electron chi connectivity index (χ0n) is 14.0. The van der Waals surface area contributed by atoms with E-state index in [1.807, 2.05) is 0 Å². The third-order valence-electron chi connectivity index (χ3n) is 3.83. The van der Waals surface area contributed by atoms with Gasteiger partial charge in [-0.3, -0.25) is 14.9 Å². The van der Waals surface area contributed by atoms with E-state index in [2.05, 4.69) is 5.10 Å². The Hall–Kier alpha value is -3.19. The number of amides is 1. The van der Waals surface area contributed by atoms with Crippen molar-refractivity contribution in [1.82, 2.24) is 0 Å². The number of hydrogen-bond acceptors (Lipinski definition) is 5. The van der Waals surface area contributed by atoms with Crippen molar-refractivity contribution in [3.63, 3.8) is 0 Å². The fourth-order valence-electron chi connectivity index (χ4n) is 2.57. The number of hydrogen-bond donors (Lipinski definition) is 0. The smallest absolute Gasteiger partial charge is 0.311 e. The molecule has 8 heteroatoms. The second-order valence-electron chi connectivity index (χ2n) is 5.53. The van der Waals surface area contributed by atoms with E-state index in [1.54, 1.807) is 43.3 Å². The molecule has 0 saturated carbocycles. The van der Waals surface area contributed by atoms with Gasteiger partial charge in [0.15, 0.2) is 5.75 Å². The lowest BCUT2D eigenvalue weighted by molar-refractivity contribution is -0.385. The molecular weight excluding hydrogens is 358 g/mol. The Bertz CT molecular complexity index is 969. The van der Waals surface area contributed by atoms with E-state index in [1.165, 1.54) is 24.3 Å². The number of methoxy groups -OCH3 is 1. The van der Waals surface area contributed by atoms with Crippen molar-refractivity contribution in [3.05, 3.63) is 68.7 Å². The molecular formula is C18H14ClN3O4. The fraction of sp³-hybridized carbons (Fsp3) is 0.111. The van der Waals surface area contributed by atoms with Gasteiger partial charge in [-0.25, -0.2) is 0 Å². The summed E-state index contributed by atoms with van der Waals surface area (Å²) in [6.07, 6.45) is 1.57. The Morgan fingerprint density at radius 1 is 1.27 bits per heavy atom. The second-order valence-corrected chi connectivity index (χ2v) is 5.97. The van der Waals surface area contributed by atoms with Crippen LogP contribution < -0.4 is 9.75 Å². The van der Waals surface area contributed by atoms with E-state index in [9.17, 15) is 14.9 Å². The van der Waals surface area contributed by atoms with Crippen LogP contribution in [-0.4, -0.2) is 23.7 Å². The summed E-state index contributed by atoms with van der Waals surface area (Å²) in [7, 11) is 1.36. The van der Waals surface area contributed by atoms with Gasteiger partial charge in [0, 0.05) is 11.1 Å². The molecule has 132 valence electrons. The van der Waals surface area contributed by atoms with E-state index >= 15 is 0 Å². The van der Waals surface area contributed by atoms with Gasteiger partial charge in [-0.2, -0.15) is 10.1 Å². The zero-order valence-corrected chi connectivity index (χ0v) is 14.7. The monoisotopic (exact) mass is 371 g/mol. The molecule has 0 N–H and O–H groups in total. The van der Waals surface area contributed by atoms with E-state index in [0.29, 0.717) is 27.6 Å². The van der Waals surface area contributed by atoms with E-state index in [4.69, 9.17) is 16.3 Å². The molecule has 3 rings (SSSR count). The first-order valence-corrected chi connectivity index (χ1v) is 7.98. The van der Waals surface area contributed by atoms with E-state index in [-0.39, 0.29) is 17.3 Å². The highest BCUT2D eigenvalue weighted by molar-refractivity contribution is 6.33. The highest BCUT2D eigenvalue weighted by Gasteiger charge is 2.29. The van der Waals surface area contributed by atoms with Crippen molar-refractivity contribution < 1.29 is 14.5 Å². The largest absolute Gasteiger partial charge is 0.490 e. The topological polar surface area (TPSA) is 85.0 Å². The van der Waals surface area contributed by atoms with Gasteiger partial charge in [-0.15, -0.1) is 0 Å². The van der Waals surface area contributed by atoms with Crippen molar-refractivity contribution >= 4 is 40.7 Å². The first kappa shape index (κ1) is 17.6. The van der Waals surface area contributed by atoms with Gasteiger partial charge < -0.3 is 4.74 Å². The number of rotatable bonds is 4. The van der Waals surface area contributed by atoms with Crippen LogP contribution in [0, 0.1) is 10.1 Å². The number of ether oxygens (including phenoxy) is 1. The van der Waals surface area contributed by atoms with Crippen LogP contribution in [-0.2, 0) is 4.79 Å². The number of carbonyl (C=O) groups is 1. The number of nitro benzene ring substituents is 1. The Morgan fingerprint density at radius 2 is 2.04 bits per heavy atom. The quantitative estimate of drug-likeness (QED) is 0.460. The maximum absolute atomic E-state index is 12.7. The van der Waals surface area contributed by atoms with Crippen molar-refractivity contribution in [2.24, 2.45) is 5.10 Å². The number of benzene rings is 2. The summed E-state index contributed by atoms with van der Waals surface area (Å²) >= 11 is 5.97. The molecule has 26 heavy (non-hydrogen) atoms. The Morgan fingerprint density at radius 3 is 2.69 bits per heavy atom. The molecule has 0 spiro atoms. The summed E-state index contributed by atoms with van der Waals surface area (Å²) in [4.78, 5) is 23.3. The molecule has 0 fully saturated rings. The van der Waals surface area contributed by atoms with Gasteiger partial charge in [0.2, 0.25) is 0 Å². The number of nitrogens with zero attached hydrogens (tertiary/aromatic N) is 3. The molecule has 0 atom stereocenters. The lowest BCUT2D eigenvalue weighted by Crippen LogP contribution is -2.21. The third kappa shape index (κ3) is 3.29. The minimum Gasteiger partial charge on any atom is -0.490 e. The van der Waals surface area contributed by atoms with Crippen molar-refractivity contribution in [2.75, 3.05) is 12.1 Å². The summed E-state index contributed by atoms with van der Waals surface area (Å²) in [5.74, 6) is -0.177. The molecule has 7 nitrogen and oxygen atoms in total. The maximum Gasteiger partial charge on any atom is 0.311 e. The first-order chi connectivity index (χ1) is 12.4. The summed E-state index contributed by atoms with van der Waals surface area (Å²) < 4.78 is 4.99. The number of nitro groups is 1. The molecule has 2 aromatic carbocycles. The van der Waals surface area contributed by atoms with Crippen molar-refractivity contribution in [3.8, 4) is 5.75 Å². The molecule has 1 amide bonds. The maximum atomic E-state index is 12.7. The number of halogens is 1. The van der Waals surface area contributed by atoms with Crippen LogP contribution in [0.15, 0.2) is 53.1 Å². The van der Waals surface area contributed by atoms with Gasteiger partial charge in [-0.05, 0) is 42.8 Å². The van der Waals surface area contributed by atoms with Gasteiger partial charge in [0.1, 0.15) is 0 Å². The number of anilines is 1. The number of hydrazone groups is 1. The van der Waals surface area contributed by atoms with Gasteiger partial charge >= 0.3 is 5.69 Å². The molecule has 1 aliphatic heterocycles. The lowest BCUT2D eigenvalue weighted by Gasteiger charge is -2.11. The third-order valence-corrected chi connectivity index (χ3v) is 4.06. The van der Waals surface area contributed by atoms with Crippen LogP contribution >= 0.6 is 11.6 Å². The number of carbonyl (C=O) groups excluding carboxylic acids is 1. The molecule has 0 radical (unpaired) electrons. The van der Waals surface area contributed by atoms with Crippen LogP contribution in [0.5, 0.6) is 5.75 Å². The van der Waals surface area contributed by atoms with Crippen LogP contribution in [0.4, 0.5) is 11.4 Å². The molecule has 1 heterocycles. The lowest BCUT2D eigenvalue weighted by atomic mass is 10.1. The molecule has 0 unspecified atom stereocenters. The molecule has 0 saturated heterocycles. The minimum atomic E-state index is -0.531. The normalized spacial score (nSPS) is 15.3. The summed E-state index contributed by atoms with van der Waals surface area (Å²) in [5.41, 5.74) is 1.74. The summed E-state index contributed by atoms with van der Waals surface area (Å²) in [6, 6.07) is 11.3. The fourth-order valence-corrected chi connectivity index (χ4v) is 2.76. The standard InChI is InChI=1S/C18H14ClN3O4/c1-11-15(8-12-6-7-17(26-2)16(9-12)22(24)25)18(23)21(20-11)14-5-3-4-13(19)10-14/h3-10H,1-2H3/b15-8-. The van der Waals surface area contributed by atoms with Crippen LogP contribution in [0.25, 0.3) is 6.08 Å². The molecule has 0 aromatic heterocycles. The predicted octanol–water partition coefficient (Wildman–Crippen LogP) is 4.06. The van der Waals surface area contributed by atoms with Gasteiger partial charge in [-0.1, -0.05) is 23.7 Å². The highest BCUT2D eigenvalue weighted by Crippen LogP contribution is 2.30. The molecule has 0 aliphatic carbocycles. The molecule has 0 bridgehead atoms. The van der Waals surface area contributed by atoms with E-state index < -0.39 is 4.92 Å². The van der Waals surface area contributed by atoms with Crippen molar-refractivity contribution in [2.45, 2.75) is 6.92 Å². The van der Waals surface area contributed by atoms with Gasteiger partial charge in [0.25, 0.3) is 5.91 Å². The van der Waals surface area contributed by atoms with Crippen LogP contribution in [0.2, 0.25) is 5.02 Å². The average molecular weight is 372 g/mol.